The van der Waals surface area contributed by atoms with Gasteiger partial charge in [-0.05, 0) is 37.1 Å². The van der Waals surface area contributed by atoms with Crippen LogP contribution in [0.3, 0.4) is 0 Å². The zero-order valence-corrected chi connectivity index (χ0v) is 16.1. The SMILES string of the molecule is CCn1c(Cc2ccccc2)nnc1SCC(=O)Nc1ccc(C)cc1F. The van der Waals surface area contributed by atoms with Crippen LogP contribution in [0.5, 0.6) is 0 Å². The van der Waals surface area contributed by atoms with E-state index in [4.69, 9.17) is 0 Å². The predicted octanol–water partition coefficient (Wildman–Crippen LogP) is 4.07. The van der Waals surface area contributed by atoms with Crippen molar-refractivity contribution in [2.75, 3.05) is 11.1 Å². The molecular weight excluding hydrogens is 363 g/mol. The molecule has 3 aromatic rings. The summed E-state index contributed by atoms with van der Waals surface area (Å²) in [6.07, 6.45) is 0.684. The minimum atomic E-state index is -0.435. The molecule has 0 aliphatic heterocycles. The van der Waals surface area contributed by atoms with Gasteiger partial charge in [0.25, 0.3) is 0 Å². The van der Waals surface area contributed by atoms with Gasteiger partial charge in [0.2, 0.25) is 5.91 Å². The molecule has 3 rings (SSSR count). The Hall–Kier alpha value is -2.67. The molecular formula is C20H21FN4OS. The Labute approximate surface area is 162 Å². The molecule has 0 saturated heterocycles. The number of amides is 1. The summed E-state index contributed by atoms with van der Waals surface area (Å²) in [6, 6.07) is 14.8. The van der Waals surface area contributed by atoms with E-state index in [0.717, 1.165) is 17.0 Å². The van der Waals surface area contributed by atoms with E-state index >= 15 is 0 Å². The minimum absolute atomic E-state index is 0.136. The molecule has 0 aliphatic carbocycles. The Morgan fingerprint density at radius 3 is 2.67 bits per heavy atom. The number of halogens is 1. The van der Waals surface area contributed by atoms with E-state index in [2.05, 4.69) is 15.5 Å². The van der Waals surface area contributed by atoms with Crippen LogP contribution in [-0.2, 0) is 17.8 Å². The van der Waals surface area contributed by atoms with E-state index in [1.807, 2.05) is 41.8 Å². The summed E-state index contributed by atoms with van der Waals surface area (Å²) < 4.78 is 15.9. The Morgan fingerprint density at radius 1 is 1.19 bits per heavy atom. The topological polar surface area (TPSA) is 59.8 Å². The molecule has 1 amide bonds. The maximum atomic E-state index is 13.9. The van der Waals surface area contributed by atoms with Gasteiger partial charge in [-0.1, -0.05) is 48.2 Å². The maximum Gasteiger partial charge on any atom is 0.234 e. The number of thioether (sulfide) groups is 1. The third-order valence-electron chi connectivity index (χ3n) is 4.05. The Balaban J connectivity index is 1.63. The lowest BCUT2D eigenvalue weighted by molar-refractivity contribution is -0.113. The molecule has 1 N–H and O–H groups in total. The number of nitrogens with zero attached hydrogens (tertiary/aromatic N) is 3. The first-order valence-corrected chi connectivity index (χ1v) is 9.70. The number of benzene rings is 2. The van der Waals surface area contributed by atoms with Gasteiger partial charge < -0.3 is 9.88 Å². The van der Waals surface area contributed by atoms with Gasteiger partial charge in [0.05, 0.1) is 11.4 Å². The number of rotatable bonds is 7. The maximum absolute atomic E-state index is 13.9. The van der Waals surface area contributed by atoms with Gasteiger partial charge >= 0.3 is 0 Å². The van der Waals surface area contributed by atoms with Gasteiger partial charge in [-0.3, -0.25) is 4.79 Å². The summed E-state index contributed by atoms with van der Waals surface area (Å²) in [4.78, 5) is 12.2. The normalized spacial score (nSPS) is 10.8. The van der Waals surface area contributed by atoms with Crippen molar-refractivity contribution in [3.05, 3.63) is 71.3 Å². The van der Waals surface area contributed by atoms with E-state index < -0.39 is 5.82 Å². The standard InChI is InChI=1S/C20H21FN4OS/c1-3-25-18(12-15-7-5-4-6-8-15)23-24-20(25)27-13-19(26)22-17-10-9-14(2)11-16(17)21/h4-11H,3,12-13H2,1-2H3,(H,22,26). The van der Waals surface area contributed by atoms with Crippen LogP contribution in [0.4, 0.5) is 10.1 Å². The van der Waals surface area contributed by atoms with Gasteiger partial charge in [0, 0.05) is 13.0 Å². The lowest BCUT2D eigenvalue weighted by atomic mass is 10.1. The first-order chi connectivity index (χ1) is 13.1. The molecule has 5 nitrogen and oxygen atoms in total. The molecule has 0 unspecified atom stereocenters. The number of anilines is 1. The van der Waals surface area contributed by atoms with Crippen LogP contribution in [0.15, 0.2) is 53.7 Å². The summed E-state index contributed by atoms with van der Waals surface area (Å²) in [7, 11) is 0. The highest BCUT2D eigenvalue weighted by atomic mass is 32.2. The van der Waals surface area contributed by atoms with Crippen molar-refractivity contribution < 1.29 is 9.18 Å². The molecule has 1 heterocycles. The second kappa shape index (κ2) is 8.81. The summed E-state index contributed by atoms with van der Waals surface area (Å²) in [5.41, 5.74) is 2.15. The molecule has 0 radical (unpaired) electrons. The van der Waals surface area contributed by atoms with Crippen molar-refractivity contribution in [3.63, 3.8) is 0 Å². The number of aromatic nitrogens is 3. The summed E-state index contributed by atoms with van der Waals surface area (Å²) in [5.74, 6) is 0.279. The molecule has 0 atom stereocenters. The Kier molecular flexibility index (Phi) is 6.24. The minimum Gasteiger partial charge on any atom is -0.323 e. The monoisotopic (exact) mass is 384 g/mol. The van der Waals surface area contributed by atoms with E-state index in [1.165, 1.54) is 17.8 Å². The van der Waals surface area contributed by atoms with Gasteiger partial charge in [-0.2, -0.15) is 0 Å². The van der Waals surface area contributed by atoms with Crippen LogP contribution in [-0.4, -0.2) is 26.4 Å². The van der Waals surface area contributed by atoms with Crippen LogP contribution in [0.2, 0.25) is 0 Å². The average molecular weight is 384 g/mol. The van der Waals surface area contributed by atoms with Crippen LogP contribution in [0.1, 0.15) is 23.9 Å². The van der Waals surface area contributed by atoms with Crippen molar-refractivity contribution in [1.82, 2.24) is 14.8 Å². The van der Waals surface area contributed by atoms with Gasteiger partial charge in [0.15, 0.2) is 5.16 Å². The van der Waals surface area contributed by atoms with E-state index in [0.29, 0.717) is 18.1 Å². The number of carbonyl (C=O) groups excluding carboxylic acids is 1. The Bertz CT molecular complexity index is 927. The van der Waals surface area contributed by atoms with Crippen molar-refractivity contribution in [3.8, 4) is 0 Å². The second-order valence-electron chi connectivity index (χ2n) is 6.13. The van der Waals surface area contributed by atoms with E-state index in [9.17, 15) is 9.18 Å². The molecule has 27 heavy (non-hydrogen) atoms. The molecule has 0 fully saturated rings. The van der Waals surface area contributed by atoms with Crippen LogP contribution < -0.4 is 5.32 Å². The third-order valence-corrected chi connectivity index (χ3v) is 5.01. The van der Waals surface area contributed by atoms with Crippen LogP contribution in [0.25, 0.3) is 0 Å². The highest BCUT2D eigenvalue weighted by Crippen LogP contribution is 2.20. The van der Waals surface area contributed by atoms with Crippen molar-refractivity contribution in [1.29, 1.82) is 0 Å². The summed E-state index contributed by atoms with van der Waals surface area (Å²) in [5, 5.41) is 11.8. The number of aryl methyl sites for hydroxylation is 1. The van der Waals surface area contributed by atoms with E-state index in [1.54, 1.807) is 19.1 Å². The Morgan fingerprint density at radius 2 is 1.96 bits per heavy atom. The van der Waals surface area contributed by atoms with Gasteiger partial charge in [-0.15, -0.1) is 10.2 Å². The number of hydrogen-bond donors (Lipinski definition) is 1. The third kappa shape index (κ3) is 4.95. The van der Waals surface area contributed by atoms with E-state index in [-0.39, 0.29) is 17.3 Å². The number of nitrogens with one attached hydrogen (secondary N) is 1. The lowest BCUT2D eigenvalue weighted by Gasteiger charge is -2.08. The molecule has 0 saturated carbocycles. The number of hydrogen-bond acceptors (Lipinski definition) is 4. The van der Waals surface area contributed by atoms with Gasteiger partial charge in [-0.25, -0.2) is 4.39 Å². The molecule has 0 bridgehead atoms. The fourth-order valence-corrected chi connectivity index (χ4v) is 3.51. The first-order valence-electron chi connectivity index (χ1n) is 8.71. The summed E-state index contributed by atoms with van der Waals surface area (Å²) in [6.45, 7) is 4.53. The molecule has 2 aromatic carbocycles. The molecule has 7 heteroatoms. The quantitative estimate of drug-likeness (QED) is 0.624. The second-order valence-corrected chi connectivity index (χ2v) is 7.07. The molecule has 140 valence electrons. The largest absolute Gasteiger partial charge is 0.323 e. The zero-order chi connectivity index (χ0) is 19.2. The molecule has 0 aliphatic rings. The average Bonchev–Trinajstić information content (AvgIpc) is 3.04. The highest BCUT2D eigenvalue weighted by Gasteiger charge is 2.14. The molecule has 1 aromatic heterocycles. The van der Waals surface area contributed by atoms with Gasteiger partial charge in [0.1, 0.15) is 11.6 Å². The fourth-order valence-electron chi connectivity index (χ4n) is 2.69. The number of carbonyl (C=O) groups is 1. The highest BCUT2D eigenvalue weighted by molar-refractivity contribution is 7.99. The first kappa shape index (κ1) is 19.1. The fraction of sp³-hybridized carbons (Fsp3) is 0.250. The lowest BCUT2D eigenvalue weighted by Crippen LogP contribution is -2.15. The van der Waals surface area contributed by atoms with Crippen LogP contribution >= 0.6 is 11.8 Å². The summed E-state index contributed by atoms with van der Waals surface area (Å²) >= 11 is 1.29. The van der Waals surface area contributed by atoms with Crippen molar-refractivity contribution >= 4 is 23.4 Å². The van der Waals surface area contributed by atoms with Crippen molar-refractivity contribution in [2.24, 2.45) is 0 Å². The smallest absolute Gasteiger partial charge is 0.234 e. The van der Waals surface area contributed by atoms with Crippen LogP contribution in [0, 0.1) is 12.7 Å². The zero-order valence-electron chi connectivity index (χ0n) is 15.3. The molecule has 0 spiro atoms. The predicted molar refractivity (Wildman–Crippen MR) is 105 cm³/mol. The van der Waals surface area contributed by atoms with Crippen molar-refractivity contribution in [2.45, 2.75) is 32.0 Å².